The van der Waals surface area contributed by atoms with Crippen LogP contribution < -0.4 is 0 Å². The van der Waals surface area contributed by atoms with E-state index >= 15 is 0 Å². The van der Waals surface area contributed by atoms with Crippen LogP contribution in [0.15, 0.2) is 10.4 Å². The second-order valence-corrected chi connectivity index (χ2v) is 9.53. The first-order valence-electron chi connectivity index (χ1n) is 7.05. The Morgan fingerprint density at radius 2 is 2.25 bits per heavy atom. The molecule has 4 rings (SSSR count). The van der Waals surface area contributed by atoms with Crippen molar-refractivity contribution in [3.63, 3.8) is 0 Å². The van der Waals surface area contributed by atoms with E-state index in [9.17, 15) is 8.42 Å². The molecule has 1 aliphatic carbocycles. The fourth-order valence-electron chi connectivity index (χ4n) is 3.96. The Morgan fingerprint density at radius 1 is 1.45 bits per heavy atom. The largest absolute Gasteiger partial charge is 0.379 e. The number of aromatic nitrogens is 1. The maximum atomic E-state index is 12.9. The molecule has 2 atom stereocenters. The average molecular weight is 314 g/mol. The van der Waals surface area contributed by atoms with Crippen LogP contribution in [0.3, 0.4) is 0 Å². The molecule has 0 bridgehead atoms. The highest BCUT2D eigenvalue weighted by Crippen LogP contribution is 2.56. The summed E-state index contributed by atoms with van der Waals surface area (Å²) < 4.78 is 33.4. The standard InChI is InChI=1S/C13H18N2O3S2/c1-9-14-5-12(19-9)20(16,17)15-8-13(3-2-4-13)10-6-18-7-11(10)15/h5,10-11H,2-4,6-8H2,1H3/t10-,11-/m1/s1. The number of hydrogen-bond acceptors (Lipinski definition) is 5. The number of thiazole rings is 1. The van der Waals surface area contributed by atoms with Gasteiger partial charge in [-0.25, -0.2) is 13.4 Å². The van der Waals surface area contributed by atoms with Gasteiger partial charge in [0.1, 0.15) is 0 Å². The van der Waals surface area contributed by atoms with Crippen LogP contribution in [0.5, 0.6) is 0 Å². The number of hydrogen-bond donors (Lipinski definition) is 0. The quantitative estimate of drug-likeness (QED) is 0.833. The van der Waals surface area contributed by atoms with Gasteiger partial charge in [0.2, 0.25) is 0 Å². The molecular weight excluding hydrogens is 296 g/mol. The molecule has 0 aromatic carbocycles. The van der Waals surface area contributed by atoms with Gasteiger partial charge in [-0.15, -0.1) is 11.3 Å². The molecular formula is C13H18N2O3S2. The molecule has 110 valence electrons. The monoisotopic (exact) mass is 314 g/mol. The summed E-state index contributed by atoms with van der Waals surface area (Å²) in [6.07, 6.45) is 5.00. The predicted molar refractivity (Wildman–Crippen MR) is 75.1 cm³/mol. The van der Waals surface area contributed by atoms with Crippen molar-refractivity contribution in [1.29, 1.82) is 0 Å². The molecule has 2 aliphatic heterocycles. The summed E-state index contributed by atoms with van der Waals surface area (Å²) >= 11 is 1.26. The topological polar surface area (TPSA) is 59.5 Å². The van der Waals surface area contributed by atoms with Crippen molar-refractivity contribution in [2.24, 2.45) is 11.3 Å². The minimum absolute atomic E-state index is 0.0303. The highest BCUT2D eigenvalue weighted by Gasteiger charge is 2.60. The third-order valence-corrected chi connectivity index (χ3v) is 8.41. The minimum atomic E-state index is -3.41. The van der Waals surface area contributed by atoms with Crippen LogP contribution in [0.1, 0.15) is 24.3 Å². The van der Waals surface area contributed by atoms with Gasteiger partial charge < -0.3 is 4.74 Å². The highest BCUT2D eigenvalue weighted by molar-refractivity contribution is 7.91. The van der Waals surface area contributed by atoms with Gasteiger partial charge in [-0.2, -0.15) is 4.31 Å². The summed E-state index contributed by atoms with van der Waals surface area (Å²) in [7, 11) is -3.41. The molecule has 1 spiro atoms. The molecule has 3 heterocycles. The van der Waals surface area contributed by atoms with Crippen molar-refractivity contribution in [3.8, 4) is 0 Å². The molecule has 7 heteroatoms. The summed E-state index contributed by atoms with van der Waals surface area (Å²) in [6.45, 7) is 3.77. The van der Waals surface area contributed by atoms with Gasteiger partial charge in [-0.1, -0.05) is 6.42 Å². The highest BCUT2D eigenvalue weighted by atomic mass is 32.2. The lowest BCUT2D eigenvalue weighted by atomic mass is 9.62. The molecule has 5 nitrogen and oxygen atoms in total. The molecule has 1 aromatic heterocycles. The minimum Gasteiger partial charge on any atom is -0.379 e. The van der Waals surface area contributed by atoms with Gasteiger partial charge in [-0.3, -0.25) is 0 Å². The van der Waals surface area contributed by atoms with Crippen molar-refractivity contribution >= 4 is 21.4 Å². The van der Waals surface area contributed by atoms with Crippen molar-refractivity contribution in [2.45, 2.75) is 36.4 Å². The van der Waals surface area contributed by atoms with Gasteiger partial charge in [0.25, 0.3) is 10.0 Å². The van der Waals surface area contributed by atoms with Crippen molar-refractivity contribution in [3.05, 3.63) is 11.2 Å². The van der Waals surface area contributed by atoms with Crippen molar-refractivity contribution in [1.82, 2.24) is 9.29 Å². The molecule has 0 N–H and O–H groups in total. The number of sulfonamides is 1. The van der Waals surface area contributed by atoms with Gasteiger partial charge >= 0.3 is 0 Å². The average Bonchev–Trinajstić information content (AvgIpc) is 2.99. The molecule has 3 aliphatic rings. The molecule has 0 unspecified atom stereocenters. The maximum Gasteiger partial charge on any atom is 0.254 e. The first kappa shape index (κ1) is 13.2. The molecule has 0 radical (unpaired) electrons. The lowest BCUT2D eigenvalue weighted by molar-refractivity contribution is 0.0601. The zero-order chi connectivity index (χ0) is 14.0. The third kappa shape index (κ3) is 1.66. The molecule has 0 amide bonds. The van der Waals surface area contributed by atoms with E-state index in [-0.39, 0.29) is 11.5 Å². The van der Waals surface area contributed by atoms with Gasteiger partial charge in [0.05, 0.1) is 30.5 Å². The smallest absolute Gasteiger partial charge is 0.254 e. The molecule has 1 saturated carbocycles. The Bertz CT molecular complexity index is 636. The van der Waals surface area contributed by atoms with Crippen LogP contribution in [-0.4, -0.2) is 43.5 Å². The Morgan fingerprint density at radius 3 is 2.85 bits per heavy atom. The predicted octanol–water partition coefficient (Wildman–Crippen LogP) is 1.64. The van der Waals surface area contributed by atoms with Gasteiger partial charge in [0.15, 0.2) is 4.21 Å². The van der Waals surface area contributed by atoms with E-state index < -0.39 is 10.0 Å². The number of rotatable bonds is 2. The van der Waals surface area contributed by atoms with Crippen LogP contribution in [0.4, 0.5) is 0 Å². The summed E-state index contributed by atoms with van der Waals surface area (Å²) in [4.78, 5) is 4.09. The second-order valence-electron chi connectivity index (χ2n) is 6.18. The van der Waals surface area contributed by atoms with Crippen LogP contribution in [0.2, 0.25) is 0 Å². The van der Waals surface area contributed by atoms with Crippen LogP contribution in [0.25, 0.3) is 0 Å². The van der Waals surface area contributed by atoms with E-state index in [0.717, 1.165) is 24.5 Å². The van der Waals surface area contributed by atoms with Crippen molar-refractivity contribution < 1.29 is 13.2 Å². The number of nitrogens with zero attached hydrogens (tertiary/aromatic N) is 2. The van der Waals surface area contributed by atoms with E-state index in [1.54, 1.807) is 4.31 Å². The summed E-state index contributed by atoms with van der Waals surface area (Å²) in [5.41, 5.74) is 0.188. The SMILES string of the molecule is Cc1ncc(S(=O)(=O)N2CC3(CCC3)[C@@H]3COC[C@H]32)s1. The van der Waals surface area contributed by atoms with E-state index in [2.05, 4.69) is 4.98 Å². The Labute approximate surface area is 123 Å². The molecule has 2 saturated heterocycles. The zero-order valence-corrected chi connectivity index (χ0v) is 13.0. The Kier molecular flexibility index (Phi) is 2.80. The summed E-state index contributed by atoms with van der Waals surface area (Å²) in [6, 6.07) is 0.0303. The van der Waals surface area contributed by atoms with Crippen LogP contribution in [0, 0.1) is 18.3 Å². The summed E-state index contributed by atoms with van der Waals surface area (Å²) in [5.74, 6) is 0.389. The van der Waals surface area contributed by atoms with Crippen LogP contribution in [-0.2, 0) is 14.8 Å². The van der Waals surface area contributed by atoms with Gasteiger partial charge in [0, 0.05) is 12.5 Å². The number of aryl methyl sites for hydroxylation is 1. The summed E-state index contributed by atoms with van der Waals surface area (Å²) in [5, 5.41) is 0.792. The van der Waals surface area contributed by atoms with Crippen LogP contribution >= 0.6 is 11.3 Å². The third-order valence-electron chi connectivity index (χ3n) is 5.19. The number of ether oxygens (including phenoxy) is 1. The zero-order valence-electron chi connectivity index (χ0n) is 11.4. The molecule has 20 heavy (non-hydrogen) atoms. The fourth-order valence-corrected chi connectivity index (χ4v) is 6.94. The van der Waals surface area contributed by atoms with Crippen molar-refractivity contribution in [2.75, 3.05) is 19.8 Å². The lowest BCUT2D eigenvalue weighted by Gasteiger charge is -2.42. The van der Waals surface area contributed by atoms with E-state index in [1.807, 2.05) is 6.92 Å². The van der Waals surface area contributed by atoms with E-state index in [1.165, 1.54) is 24.0 Å². The Balaban J connectivity index is 1.71. The van der Waals surface area contributed by atoms with E-state index in [4.69, 9.17) is 4.74 Å². The lowest BCUT2D eigenvalue weighted by Crippen LogP contribution is -2.39. The molecule has 3 fully saturated rings. The van der Waals surface area contributed by atoms with E-state index in [0.29, 0.717) is 23.3 Å². The Hall–Kier alpha value is -0.500. The molecule has 1 aromatic rings. The maximum absolute atomic E-state index is 12.9. The first-order chi connectivity index (χ1) is 9.53. The first-order valence-corrected chi connectivity index (χ1v) is 9.31. The normalized spacial score (nSPS) is 32.5. The fraction of sp³-hybridized carbons (Fsp3) is 0.769. The van der Waals surface area contributed by atoms with Gasteiger partial charge in [-0.05, 0) is 25.2 Å². The second kappa shape index (κ2) is 4.25. The number of fused-ring (bicyclic) bond motifs is 2.